The van der Waals surface area contributed by atoms with Crippen molar-refractivity contribution in [2.75, 3.05) is 0 Å². The zero-order valence-electron chi connectivity index (χ0n) is 11.3. The number of hydrogen-bond donors (Lipinski definition) is 1. The van der Waals surface area contributed by atoms with Gasteiger partial charge in [0.1, 0.15) is 5.01 Å². The van der Waals surface area contributed by atoms with Crippen LogP contribution < -0.4 is 5.73 Å². The van der Waals surface area contributed by atoms with Crippen molar-refractivity contribution < 1.29 is 0 Å². The van der Waals surface area contributed by atoms with E-state index in [0.29, 0.717) is 5.92 Å². The first-order valence-corrected chi connectivity index (χ1v) is 7.14. The van der Waals surface area contributed by atoms with E-state index >= 15 is 0 Å². The molecule has 1 aliphatic rings. The predicted molar refractivity (Wildman–Crippen MR) is 71.6 cm³/mol. The molecule has 6 heteroatoms. The summed E-state index contributed by atoms with van der Waals surface area (Å²) in [6.45, 7) is 8.42. The van der Waals surface area contributed by atoms with E-state index in [1.54, 1.807) is 11.3 Å². The minimum absolute atomic E-state index is 0.0602. The average Bonchev–Trinajstić information content (AvgIpc) is 2.87. The Bertz CT molecular complexity index is 585. The third-order valence-electron chi connectivity index (χ3n) is 3.55. The van der Waals surface area contributed by atoms with Gasteiger partial charge in [-0.1, -0.05) is 32.1 Å². The largest absolute Gasteiger partial charge is 0.319 e. The molecule has 5 nitrogen and oxygen atoms in total. The Labute approximate surface area is 110 Å². The van der Waals surface area contributed by atoms with Crippen molar-refractivity contribution in [3.63, 3.8) is 0 Å². The first kappa shape index (κ1) is 12.0. The Kier molecular flexibility index (Phi) is 2.35. The second kappa shape index (κ2) is 3.51. The lowest BCUT2D eigenvalue weighted by Crippen LogP contribution is -2.35. The Morgan fingerprint density at radius 3 is 2.44 bits per heavy atom. The van der Waals surface area contributed by atoms with Crippen molar-refractivity contribution in [1.29, 1.82) is 0 Å². The third kappa shape index (κ3) is 1.75. The highest BCUT2D eigenvalue weighted by Gasteiger charge is 2.42. The normalized spacial score (nSPS) is 20.3. The molecule has 0 saturated heterocycles. The topological polar surface area (TPSA) is 69.1 Å². The van der Waals surface area contributed by atoms with Gasteiger partial charge in [-0.05, 0) is 25.7 Å². The molecule has 1 saturated carbocycles. The molecular formula is C12H19N5S. The second-order valence-corrected chi connectivity index (χ2v) is 7.39. The van der Waals surface area contributed by atoms with Crippen LogP contribution in [-0.2, 0) is 11.0 Å². The summed E-state index contributed by atoms with van der Waals surface area (Å²) in [7, 11) is 0. The fraction of sp³-hybridized carbons (Fsp3) is 0.750. The van der Waals surface area contributed by atoms with Crippen LogP contribution in [0.25, 0.3) is 4.96 Å². The van der Waals surface area contributed by atoms with Gasteiger partial charge >= 0.3 is 0 Å². The fourth-order valence-corrected chi connectivity index (χ4v) is 3.14. The van der Waals surface area contributed by atoms with Crippen LogP contribution in [0.5, 0.6) is 0 Å². The number of hydrogen-bond acceptors (Lipinski definition) is 5. The summed E-state index contributed by atoms with van der Waals surface area (Å²) in [4.78, 5) is 0.840. The molecule has 2 aromatic rings. The zero-order chi connectivity index (χ0) is 13.1. The van der Waals surface area contributed by atoms with E-state index < -0.39 is 0 Å². The lowest BCUT2D eigenvalue weighted by molar-refractivity contribution is 0.417. The van der Waals surface area contributed by atoms with Gasteiger partial charge in [0.25, 0.3) is 0 Å². The lowest BCUT2D eigenvalue weighted by Gasteiger charge is -2.20. The Hall–Kier alpha value is -1.01. The molecule has 0 spiro atoms. The van der Waals surface area contributed by atoms with Gasteiger partial charge in [0, 0.05) is 5.41 Å². The molecule has 0 radical (unpaired) electrons. The van der Waals surface area contributed by atoms with E-state index in [9.17, 15) is 0 Å². The van der Waals surface area contributed by atoms with Crippen LogP contribution in [0.4, 0.5) is 0 Å². The molecule has 3 rings (SSSR count). The quantitative estimate of drug-likeness (QED) is 0.902. The molecule has 1 fully saturated rings. The maximum atomic E-state index is 6.41. The van der Waals surface area contributed by atoms with Crippen LogP contribution in [0.3, 0.4) is 0 Å². The van der Waals surface area contributed by atoms with Gasteiger partial charge < -0.3 is 5.73 Å². The second-order valence-electron chi connectivity index (χ2n) is 6.43. The fourth-order valence-electron chi connectivity index (χ4n) is 2.16. The first-order chi connectivity index (χ1) is 8.30. The van der Waals surface area contributed by atoms with E-state index in [1.807, 2.05) is 4.52 Å². The summed E-state index contributed by atoms with van der Waals surface area (Å²) in [5, 5.41) is 14.1. The molecule has 0 amide bonds. The van der Waals surface area contributed by atoms with Crippen molar-refractivity contribution in [1.82, 2.24) is 19.8 Å². The van der Waals surface area contributed by atoms with E-state index in [0.717, 1.165) is 15.8 Å². The maximum absolute atomic E-state index is 6.41. The zero-order valence-corrected chi connectivity index (χ0v) is 12.1. The van der Waals surface area contributed by atoms with Gasteiger partial charge in [-0.3, -0.25) is 0 Å². The molecule has 2 heterocycles. The molecular weight excluding hydrogens is 246 g/mol. The Morgan fingerprint density at radius 2 is 1.89 bits per heavy atom. The SMILES string of the molecule is CC(C)(C)c1nnc2sc(C(C)(N)C3CC3)nn12. The van der Waals surface area contributed by atoms with Crippen LogP contribution in [0, 0.1) is 5.92 Å². The van der Waals surface area contributed by atoms with Gasteiger partial charge in [0.15, 0.2) is 5.82 Å². The minimum atomic E-state index is -0.319. The van der Waals surface area contributed by atoms with E-state index in [2.05, 4.69) is 43.0 Å². The van der Waals surface area contributed by atoms with E-state index in [1.165, 1.54) is 12.8 Å². The summed E-state index contributed by atoms with van der Waals surface area (Å²) >= 11 is 1.56. The third-order valence-corrected chi connectivity index (χ3v) is 4.70. The van der Waals surface area contributed by atoms with Crippen LogP contribution in [-0.4, -0.2) is 19.8 Å². The average molecular weight is 265 g/mol. The highest BCUT2D eigenvalue weighted by molar-refractivity contribution is 7.16. The number of fused-ring (bicyclic) bond motifs is 1. The number of aromatic nitrogens is 4. The van der Waals surface area contributed by atoms with Crippen LogP contribution >= 0.6 is 11.3 Å². The number of rotatable bonds is 2. The van der Waals surface area contributed by atoms with Crippen molar-refractivity contribution in [2.45, 2.75) is 51.5 Å². The summed E-state index contributed by atoms with van der Waals surface area (Å²) in [6.07, 6.45) is 2.42. The molecule has 2 N–H and O–H groups in total. The van der Waals surface area contributed by atoms with Crippen LogP contribution in [0.1, 0.15) is 51.4 Å². The Balaban J connectivity index is 2.09. The van der Waals surface area contributed by atoms with Crippen LogP contribution in [0.2, 0.25) is 0 Å². The summed E-state index contributed by atoms with van der Waals surface area (Å²) in [6, 6.07) is 0. The summed E-state index contributed by atoms with van der Waals surface area (Å²) < 4.78 is 1.85. The summed E-state index contributed by atoms with van der Waals surface area (Å²) in [5.41, 5.74) is 6.03. The van der Waals surface area contributed by atoms with Gasteiger partial charge in [-0.15, -0.1) is 10.2 Å². The van der Waals surface area contributed by atoms with Gasteiger partial charge in [-0.2, -0.15) is 9.61 Å². The monoisotopic (exact) mass is 265 g/mol. The minimum Gasteiger partial charge on any atom is -0.319 e. The van der Waals surface area contributed by atoms with Crippen LogP contribution in [0.15, 0.2) is 0 Å². The molecule has 1 unspecified atom stereocenters. The molecule has 0 aliphatic heterocycles. The van der Waals surface area contributed by atoms with E-state index in [4.69, 9.17) is 5.73 Å². The van der Waals surface area contributed by atoms with Gasteiger partial charge in [0.2, 0.25) is 4.96 Å². The molecule has 0 bridgehead atoms. The lowest BCUT2D eigenvalue weighted by atomic mass is 9.96. The highest BCUT2D eigenvalue weighted by Crippen LogP contribution is 2.44. The molecule has 0 aromatic carbocycles. The van der Waals surface area contributed by atoms with Crippen molar-refractivity contribution in [3.05, 3.63) is 10.8 Å². The molecule has 2 aromatic heterocycles. The van der Waals surface area contributed by atoms with Gasteiger partial charge in [-0.25, -0.2) is 0 Å². The smallest absolute Gasteiger partial charge is 0.234 e. The van der Waals surface area contributed by atoms with E-state index in [-0.39, 0.29) is 11.0 Å². The first-order valence-electron chi connectivity index (χ1n) is 6.32. The number of nitrogens with two attached hydrogens (primary N) is 1. The number of nitrogens with zero attached hydrogens (tertiary/aromatic N) is 4. The standard InChI is InChI=1S/C12H19N5S/c1-11(2,3)8-14-15-10-17(8)16-9(18-10)12(4,13)7-5-6-7/h7H,5-6,13H2,1-4H3. The Morgan fingerprint density at radius 1 is 1.22 bits per heavy atom. The molecule has 98 valence electrons. The van der Waals surface area contributed by atoms with Crippen molar-refractivity contribution >= 4 is 16.3 Å². The molecule has 1 aliphatic carbocycles. The summed E-state index contributed by atoms with van der Waals surface area (Å²) in [5.74, 6) is 1.46. The molecule has 18 heavy (non-hydrogen) atoms. The molecule has 1 atom stereocenters. The maximum Gasteiger partial charge on any atom is 0.234 e. The van der Waals surface area contributed by atoms with Gasteiger partial charge in [0.05, 0.1) is 5.54 Å². The van der Waals surface area contributed by atoms with Crippen molar-refractivity contribution in [3.8, 4) is 0 Å². The highest BCUT2D eigenvalue weighted by atomic mass is 32.1. The predicted octanol–water partition coefficient (Wildman–Crippen LogP) is 2.07. The van der Waals surface area contributed by atoms with Crippen molar-refractivity contribution in [2.24, 2.45) is 11.7 Å².